The molecule has 1 fully saturated rings. The lowest BCUT2D eigenvalue weighted by molar-refractivity contribution is 0.108. The van der Waals surface area contributed by atoms with Gasteiger partial charge in [-0.25, -0.2) is 0 Å². The van der Waals surface area contributed by atoms with E-state index in [1.54, 1.807) is 6.07 Å². The molecule has 6 heteroatoms. The lowest BCUT2D eigenvalue weighted by Gasteiger charge is -2.40. The molecule has 3 aromatic carbocycles. The van der Waals surface area contributed by atoms with Crippen LogP contribution in [0.4, 0.5) is 5.69 Å². The predicted molar refractivity (Wildman–Crippen MR) is 138 cm³/mol. The predicted octanol–water partition coefficient (Wildman–Crippen LogP) is 5.93. The van der Waals surface area contributed by atoms with E-state index in [-0.39, 0.29) is 6.04 Å². The van der Waals surface area contributed by atoms with Gasteiger partial charge in [-0.05, 0) is 73.3 Å². The Bertz CT molecular complexity index is 1020. The van der Waals surface area contributed by atoms with Crippen LogP contribution in [0.15, 0.2) is 60.7 Å². The van der Waals surface area contributed by atoms with Crippen LogP contribution in [0.3, 0.4) is 0 Å². The third kappa shape index (κ3) is 5.82. The first kappa shape index (κ1) is 23.9. The molecule has 1 aliphatic rings. The van der Waals surface area contributed by atoms with Crippen molar-refractivity contribution < 1.29 is 5.11 Å². The molecule has 0 spiro atoms. The zero-order chi connectivity index (χ0) is 23.4. The van der Waals surface area contributed by atoms with Gasteiger partial charge in [0.2, 0.25) is 0 Å². The van der Waals surface area contributed by atoms with Crippen molar-refractivity contribution in [2.75, 3.05) is 38.5 Å². The fraction of sp³-hybridized carbons (Fsp3) is 0.333. The molecule has 1 aliphatic heterocycles. The number of piperazine rings is 1. The summed E-state index contributed by atoms with van der Waals surface area (Å²) in [5.74, 6) is 0.302. The van der Waals surface area contributed by atoms with Gasteiger partial charge in [0.15, 0.2) is 0 Å². The summed E-state index contributed by atoms with van der Waals surface area (Å²) in [6.45, 7) is 6.95. The van der Waals surface area contributed by atoms with E-state index in [1.807, 2.05) is 37.3 Å². The third-order valence-corrected chi connectivity index (χ3v) is 7.10. The van der Waals surface area contributed by atoms with Crippen molar-refractivity contribution >= 4 is 28.9 Å². The first-order valence-electron chi connectivity index (χ1n) is 11.5. The van der Waals surface area contributed by atoms with Gasteiger partial charge >= 0.3 is 0 Å². The molecule has 4 rings (SSSR count). The Hall–Kier alpha value is -2.24. The zero-order valence-corrected chi connectivity index (χ0v) is 20.5. The minimum absolute atomic E-state index is 0.172. The van der Waals surface area contributed by atoms with Crippen LogP contribution in [0.1, 0.15) is 34.7 Å². The zero-order valence-electron chi connectivity index (χ0n) is 19.0. The summed E-state index contributed by atoms with van der Waals surface area (Å²) in [5.41, 5.74) is 11.3. The fourth-order valence-corrected chi connectivity index (χ4v) is 4.91. The molecule has 174 valence electrons. The van der Waals surface area contributed by atoms with E-state index in [1.165, 1.54) is 11.1 Å². The minimum Gasteiger partial charge on any atom is -0.508 e. The molecule has 0 bridgehead atoms. The summed E-state index contributed by atoms with van der Waals surface area (Å²) >= 11 is 12.3. The van der Waals surface area contributed by atoms with Crippen LogP contribution < -0.4 is 5.73 Å². The molecule has 1 heterocycles. The first-order chi connectivity index (χ1) is 15.9. The number of halogens is 2. The SMILES string of the molecule is Cc1ccc(O)c(CCCN2CCN(C(c3ccc(Cl)cc3)c3ccc(Cl)cc3)CC2)c1N. The van der Waals surface area contributed by atoms with Gasteiger partial charge in [0, 0.05) is 47.5 Å². The lowest BCUT2D eigenvalue weighted by Crippen LogP contribution is -2.48. The fourth-order valence-electron chi connectivity index (χ4n) is 4.66. The molecule has 1 saturated heterocycles. The maximum Gasteiger partial charge on any atom is 0.120 e. The topological polar surface area (TPSA) is 52.7 Å². The maximum atomic E-state index is 10.2. The Balaban J connectivity index is 1.39. The number of benzene rings is 3. The van der Waals surface area contributed by atoms with Crippen LogP contribution in [0.25, 0.3) is 0 Å². The Morgan fingerprint density at radius 3 is 1.94 bits per heavy atom. The number of phenolic OH excluding ortho intramolecular Hbond substituents is 1. The number of nitrogens with zero attached hydrogens (tertiary/aromatic N) is 2. The highest BCUT2D eigenvalue weighted by Crippen LogP contribution is 2.32. The Morgan fingerprint density at radius 1 is 0.848 bits per heavy atom. The number of nitrogens with two attached hydrogens (primary N) is 1. The van der Waals surface area contributed by atoms with Crippen LogP contribution >= 0.6 is 23.2 Å². The summed E-state index contributed by atoms with van der Waals surface area (Å²) in [4.78, 5) is 5.04. The van der Waals surface area contributed by atoms with Crippen molar-refractivity contribution in [1.82, 2.24) is 9.80 Å². The van der Waals surface area contributed by atoms with Gasteiger partial charge in [-0.15, -0.1) is 0 Å². The number of phenols is 1. The highest BCUT2D eigenvalue weighted by Gasteiger charge is 2.26. The second-order valence-electron chi connectivity index (χ2n) is 8.78. The molecule has 0 radical (unpaired) electrons. The maximum absolute atomic E-state index is 10.2. The van der Waals surface area contributed by atoms with E-state index >= 15 is 0 Å². The van der Waals surface area contributed by atoms with Crippen molar-refractivity contribution in [3.05, 3.63) is 93.0 Å². The van der Waals surface area contributed by atoms with E-state index in [2.05, 4.69) is 34.1 Å². The number of nitrogen functional groups attached to an aromatic ring is 1. The highest BCUT2D eigenvalue weighted by atomic mass is 35.5. The summed E-state index contributed by atoms with van der Waals surface area (Å²) in [5, 5.41) is 11.7. The molecule has 33 heavy (non-hydrogen) atoms. The van der Waals surface area contributed by atoms with Gasteiger partial charge in [0.25, 0.3) is 0 Å². The normalized spacial score (nSPS) is 15.3. The number of aromatic hydroxyl groups is 1. The van der Waals surface area contributed by atoms with Gasteiger partial charge in [-0.3, -0.25) is 4.90 Å². The number of rotatable bonds is 7. The van der Waals surface area contributed by atoms with E-state index in [4.69, 9.17) is 28.9 Å². The number of aryl methyl sites for hydroxylation is 1. The highest BCUT2D eigenvalue weighted by molar-refractivity contribution is 6.30. The van der Waals surface area contributed by atoms with E-state index in [9.17, 15) is 5.11 Å². The van der Waals surface area contributed by atoms with E-state index in [0.29, 0.717) is 11.4 Å². The second kappa shape index (κ2) is 10.8. The minimum atomic E-state index is 0.172. The van der Waals surface area contributed by atoms with Gasteiger partial charge in [0.1, 0.15) is 5.75 Å². The number of anilines is 1. The van der Waals surface area contributed by atoms with E-state index < -0.39 is 0 Å². The largest absolute Gasteiger partial charge is 0.508 e. The summed E-state index contributed by atoms with van der Waals surface area (Å²) in [6, 6.07) is 20.1. The number of hydrogen-bond acceptors (Lipinski definition) is 4. The standard InChI is InChI=1S/C27H31Cl2N3O/c1-19-4-13-25(33)24(26(19)30)3-2-14-31-15-17-32(18-16-31)27(20-5-9-22(28)10-6-20)21-7-11-23(29)12-8-21/h4-13,27,33H,2-3,14-18,30H2,1H3. The molecule has 0 unspecified atom stereocenters. The van der Waals surface area contributed by atoms with Crippen LogP contribution in [-0.4, -0.2) is 47.6 Å². The lowest BCUT2D eigenvalue weighted by atomic mass is 9.96. The Morgan fingerprint density at radius 2 is 1.39 bits per heavy atom. The average Bonchev–Trinajstić information content (AvgIpc) is 2.82. The van der Waals surface area contributed by atoms with Crippen LogP contribution in [0.2, 0.25) is 10.0 Å². The van der Waals surface area contributed by atoms with Gasteiger partial charge < -0.3 is 15.7 Å². The van der Waals surface area contributed by atoms with Gasteiger partial charge in [-0.2, -0.15) is 0 Å². The van der Waals surface area contributed by atoms with Gasteiger partial charge in [-0.1, -0.05) is 53.5 Å². The van der Waals surface area contributed by atoms with Crippen LogP contribution in [0.5, 0.6) is 5.75 Å². The van der Waals surface area contributed by atoms with Crippen molar-refractivity contribution in [2.24, 2.45) is 0 Å². The molecular formula is C27H31Cl2N3O. The molecule has 0 aliphatic carbocycles. The number of hydrogen-bond donors (Lipinski definition) is 2. The average molecular weight is 484 g/mol. The van der Waals surface area contributed by atoms with Crippen molar-refractivity contribution in [3.63, 3.8) is 0 Å². The van der Waals surface area contributed by atoms with Crippen LogP contribution in [0, 0.1) is 6.92 Å². The Labute approximate surface area is 206 Å². The summed E-state index contributed by atoms with van der Waals surface area (Å²) in [6.07, 6.45) is 1.76. The smallest absolute Gasteiger partial charge is 0.120 e. The summed E-state index contributed by atoms with van der Waals surface area (Å²) < 4.78 is 0. The molecule has 0 saturated carbocycles. The third-order valence-electron chi connectivity index (χ3n) is 6.59. The van der Waals surface area contributed by atoms with Crippen molar-refractivity contribution in [3.8, 4) is 5.75 Å². The molecule has 3 N–H and O–H groups in total. The molecule has 0 aromatic heterocycles. The van der Waals surface area contributed by atoms with Crippen molar-refractivity contribution in [1.29, 1.82) is 0 Å². The summed E-state index contributed by atoms with van der Waals surface area (Å²) in [7, 11) is 0. The van der Waals surface area contributed by atoms with Crippen LogP contribution in [-0.2, 0) is 6.42 Å². The monoisotopic (exact) mass is 483 g/mol. The van der Waals surface area contributed by atoms with E-state index in [0.717, 1.165) is 66.7 Å². The molecule has 4 nitrogen and oxygen atoms in total. The quantitative estimate of drug-likeness (QED) is 0.408. The molecular weight excluding hydrogens is 453 g/mol. The van der Waals surface area contributed by atoms with Crippen molar-refractivity contribution in [2.45, 2.75) is 25.8 Å². The van der Waals surface area contributed by atoms with Gasteiger partial charge in [0.05, 0.1) is 6.04 Å². The molecule has 0 atom stereocenters. The Kier molecular flexibility index (Phi) is 7.82. The molecule has 3 aromatic rings. The second-order valence-corrected chi connectivity index (χ2v) is 9.65. The molecule has 0 amide bonds. The first-order valence-corrected chi connectivity index (χ1v) is 12.2.